The van der Waals surface area contributed by atoms with Crippen LogP contribution >= 0.6 is 0 Å². The minimum absolute atomic E-state index is 0.234. The maximum absolute atomic E-state index is 8.70. The Hall–Kier alpha value is -2.48. The summed E-state index contributed by atoms with van der Waals surface area (Å²) in [6.45, 7) is 2.17. The van der Waals surface area contributed by atoms with E-state index in [4.69, 9.17) is 19.3 Å². The summed E-state index contributed by atoms with van der Waals surface area (Å²) in [6.07, 6.45) is 0. The van der Waals surface area contributed by atoms with Crippen molar-refractivity contribution in [1.29, 1.82) is 5.26 Å². The van der Waals surface area contributed by atoms with Gasteiger partial charge in [0.1, 0.15) is 6.07 Å². The molecule has 17 heavy (non-hydrogen) atoms. The van der Waals surface area contributed by atoms with Crippen molar-refractivity contribution in [3.63, 3.8) is 0 Å². The van der Waals surface area contributed by atoms with Crippen molar-refractivity contribution in [1.82, 2.24) is 5.16 Å². The summed E-state index contributed by atoms with van der Waals surface area (Å²) in [6, 6.07) is 7.24. The zero-order valence-corrected chi connectivity index (χ0v) is 9.06. The Kier molecular flexibility index (Phi) is 2.02. The average molecular weight is 228 g/mol. The van der Waals surface area contributed by atoms with Gasteiger partial charge in [0, 0.05) is 11.6 Å². The number of benzene rings is 1. The van der Waals surface area contributed by atoms with Gasteiger partial charge in [0.15, 0.2) is 23.0 Å². The van der Waals surface area contributed by atoms with Crippen molar-refractivity contribution in [2.24, 2.45) is 0 Å². The van der Waals surface area contributed by atoms with E-state index in [1.54, 1.807) is 6.07 Å². The van der Waals surface area contributed by atoms with Gasteiger partial charge in [-0.05, 0) is 24.6 Å². The fourth-order valence-electron chi connectivity index (χ4n) is 1.76. The van der Waals surface area contributed by atoms with Crippen molar-refractivity contribution in [3.05, 3.63) is 29.5 Å². The highest BCUT2D eigenvalue weighted by Crippen LogP contribution is 2.38. The molecule has 1 aromatic carbocycles. The third kappa shape index (κ3) is 1.51. The molecule has 1 aliphatic heterocycles. The van der Waals surface area contributed by atoms with Crippen molar-refractivity contribution in [3.8, 4) is 28.9 Å². The van der Waals surface area contributed by atoms with Gasteiger partial charge in [0.05, 0.1) is 0 Å². The van der Waals surface area contributed by atoms with Crippen LogP contribution in [0.4, 0.5) is 0 Å². The lowest BCUT2D eigenvalue weighted by Crippen LogP contribution is -1.92. The molecule has 0 radical (unpaired) electrons. The van der Waals surface area contributed by atoms with Crippen LogP contribution in [0.15, 0.2) is 22.7 Å². The summed E-state index contributed by atoms with van der Waals surface area (Å²) in [5, 5.41) is 12.3. The molecule has 0 N–H and O–H groups in total. The fraction of sp³-hybridized carbons (Fsp3) is 0.167. The second kappa shape index (κ2) is 3.52. The van der Waals surface area contributed by atoms with Gasteiger partial charge in [-0.25, -0.2) is 0 Å². The van der Waals surface area contributed by atoms with Gasteiger partial charge in [-0.2, -0.15) is 5.26 Å². The van der Waals surface area contributed by atoms with E-state index >= 15 is 0 Å². The van der Waals surface area contributed by atoms with E-state index in [-0.39, 0.29) is 12.5 Å². The Morgan fingerprint density at radius 1 is 1.24 bits per heavy atom. The Labute approximate surface area is 97.2 Å². The molecule has 0 amide bonds. The number of hydrogen-bond donors (Lipinski definition) is 0. The molecule has 84 valence electrons. The predicted octanol–water partition coefficient (Wildman–Crippen LogP) is 2.25. The van der Waals surface area contributed by atoms with Gasteiger partial charge in [-0.3, -0.25) is 0 Å². The second-order valence-electron chi connectivity index (χ2n) is 3.71. The molecule has 2 heterocycles. The molecule has 3 rings (SSSR count). The number of aromatic nitrogens is 1. The Balaban J connectivity index is 2.12. The minimum atomic E-state index is 0.234. The molecule has 1 aliphatic rings. The van der Waals surface area contributed by atoms with Crippen LogP contribution in [0, 0.1) is 18.3 Å². The summed E-state index contributed by atoms with van der Waals surface area (Å²) < 4.78 is 15.7. The minimum Gasteiger partial charge on any atom is -0.454 e. The number of ether oxygens (including phenoxy) is 2. The van der Waals surface area contributed by atoms with E-state index in [1.807, 2.05) is 25.1 Å². The van der Waals surface area contributed by atoms with E-state index < -0.39 is 0 Å². The lowest BCUT2D eigenvalue weighted by Gasteiger charge is -2.03. The van der Waals surface area contributed by atoms with Gasteiger partial charge < -0.3 is 14.0 Å². The summed E-state index contributed by atoms with van der Waals surface area (Å²) in [4.78, 5) is 0. The fourth-order valence-corrected chi connectivity index (χ4v) is 1.76. The lowest BCUT2D eigenvalue weighted by molar-refractivity contribution is 0.174. The molecule has 0 bridgehead atoms. The Morgan fingerprint density at radius 2 is 2.00 bits per heavy atom. The summed E-state index contributed by atoms with van der Waals surface area (Å²) in [5.41, 5.74) is 2.09. The maximum atomic E-state index is 8.70. The molecule has 0 fully saturated rings. The average Bonchev–Trinajstić information content (AvgIpc) is 2.94. The molecule has 5 heteroatoms. The topological polar surface area (TPSA) is 68.3 Å². The largest absolute Gasteiger partial charge is 0.454 e. The van der Waals surface area contributed by atoms with Crippen molar-refractivity contribution >= 4 is 0 Å². The SMILES string of the molecule is Cc1cc2c(cc1-c1cc(C#N)no1)OCO2. The first-order valence-corrected chi connectivity index (χ1v) is 5.05. The first-order valence-electron chi connectivity index (χ1n) is 5.05. The number of fused-ring (bicyclic) bond motifs is 1. The van der Waals surface area contributed by atoms with Crippen LogP contribution in [0.2, 0.25) is 0 Å². The molecule has 0 saturated heterocycles. The number of hydrogen-bond acceptors (Lipinski definition) is 5. The first kappa shape index (κ1) is 9.73. The van der Waals surface area contributed by atoms with E-state index in [0.717, 1.165) is 16.9 Å². The normalized spacial score (nSPS) is 12.5. The smallest absolute Gasteiger partial charge is 0.231 e. The quantitative estimate of drug-likeness (QED) is 0.748. The molecule has 0 atom stereocenters. The summed E-state index contributed by atoms with van der Waals surface area (Å²) in [5.74, 6) is 1.96. The van der Waals surface area contributed by atoms with Crippen LogP contribution in [0.25, 0.3) is 11.3 Å². The molecule has 0 saturated carbocycles. The lowest BCUT2D eigenvalue weighted by atomic mass is 10.1. The first-order chi connectivity index (χ1) is 8.28. The van der Waals surface area contributed by atoms with E-state index in [0.29, 0.717) is 11.5 Å². The van der Waals surface area contributed by atoms with Gasteiger partial charge in [-0.15, -0.1) is 0 Å². The predicted molar refractivity (Wildman–Crippen MR) is 57.5 cm³/mol. The molecular formula is C12H8N2O3. The monoisotopic (exact) mass is 228 g/mol. The highest BCUT2D eigenvalue weighted by atomic mass is 16.7. The second-order valence-corrected chi connectivity index (χ2v) is 3.71. The van der Waals surface area contributed by atoms with Crippen LogP contribution in [0.1, 0.15) is 11.3 Å². The Bertz CT molecular complexity index is 625. The molecule has 0 unspecified atom stereocenters. The Morgan fingerprint density at radius 3 is 2.71 bits per heavy atom. The van der Waals surface area contributed by atoms with Crippen LogP contribution in [0.3, 0.4) is 0 Å². The van der Waals surface area contributed by atoms with Crippen LogP contribution < -0.4 is 9.47 Å². The standard InChI is InChI=1S/C12H8N2O3/c1-7-2-11-12(16-6-15-11)4-9(7)10-3-8(5-13)14-17-10/h2-4H,6H2,1H3. The van der Waals surface area contributed by atoms with Gasteiger partial charge in [-0.1, -0.05) is 5.16 Å². The van der Waals surface area contributed by atoms with Crippen molar-refractivity contribution < 1.29 is 14.0 Å². The number of aryl methyl sites for hydroxylation is 1. The third-order valence-corrected chi connectivity index (χ3v) is 2.61. The number of rotatable bonds is 1. The molecule has 1 aromatic heterocycles. The van der Waals surface area contributed by atoms with Crippen LogP contribution in [-0.2, 0) is 0 Å². The maximum Gasteiger partial charge on any atom is 0.231 e. The molecule has 0 spiro atoms. The van der Waals surface area contributed by atoms with Gasteiger partial charge >= 0.3 is 0 Å². The zero-order valence-electron chi connectivity index (χ0n) is 9.06. The molecule has 2 aromatic rings. The van der Waals surface area contributed by atoms with E-state index in [2.05, 4.69) is 5.16 Å². The van der Waals surface area contributed by atoms with E-state index in [9.17, 15) is 0 Å². The van der Waals surface area contributed by atoms with Crippen LogP contribution in [0.5, 0.6) is 11.5 Å². The third-order valence-electron chi connectivity index (χ3n) is 2.61. The molecule has 0 aliphatic carbocycles. The van der Waals surface area contributed by atoms with Gasteiger partial charge in [0.2, 0.25) is 6.79 Å². The highest BCUT2D eigenvalue weighted by molar-refractivity contribution is 5.67. The van der Waals surface area contributed by atoms with Crippen LogP contribution in [-0.4, -0.2) is 11.9 Å². The zero-order chi connectivity index (χ0) is 11.8. The molecule has 5 nitrogen and oxygen atoms in total. The van der Waals surface area contributed by atoms with Crippen molar-refractivity contribution in [2.75, 3.05) is 6.79 Å². The van der Waals surface area contributed by atoms with Crippen molar-refractivity contribution in [2.45, 2.75) is 6.92 Å². The molecular weight excluding hydrogens is 220 g/mol. The van der Waals surface area contributed by atoms with Gasteiger partial charge in [0.25, 0.3) is 0 Å². The highest BCUT2D eigenvalue weighted by Gasteiger charge is 2.18. The summed E-state index contributed by atoms with van der Waals surface area (Å²) >= 11 is 0. The number of nitriles is 1. The van der Waals surface area contributed by atoms with E-state index in [1.165, 1.54) is 0 Å². The summed E-state index contributed by atoms with van der Waals surface area (Å²) in [7, 11) is 0. The number of nitrogens with zero attached hydrogens (tertiary/aromatic N) is 2.